The summed E-state index contributed by atoms with van der Waals surface area (Å²) in [6, 6.07) is 0.543. The summed E-state index contributed by atoms with van der Waals surface area (Å²) in [5, 5.41) is 3.43. The number of fused-ring (bicyclic) bond motifs is 1. The van der Waals surface area contributed by atoms with Gasteiger partial charge in [-0.1, -0.05) is 0 Å². The van der Waals surface area contributed by atoms with E-state index in [-0.39, 0.29) is 5.60 Å². The number of ether oxygens (including phenoxy) is 2. The van der Waals surface area contributed by atoms with Crippen LogP contribution in [0.1, 0.15) is 27.2 Å². The van der Waals surface area contributed by atoms with Crippen molar-refractivity contribution in [2.45, 2.75) is 51.0 Å². The lowest BCUT2D eigenvalue weighted by molar-refractivity contribution is -0.199. The van der Waals surface area contributed by atoms with Crippen molar-refractivity contribution in [2.24, 2.45) is 0 Å². The van der Waals surface area contributed by atoms with E-state index in [9.17, 15) is 0 Å². The maximum Gasteiger partial charge on any atom is 0.0991 e. The van der Waals surface area contributed by atoms with Crippen molar-refractivity contribution in [3.63, 3.8) is 0 Å². The Kier molecular flexibility index (Phi) is 2.34. The van der Waals surface area contributed by atoms with Crippen molar-refractivity contribution in [3.05, 3.63) is 0 Å². The third-order valence-corrected chi connectivity index (χ3v) is 2.57. The lowest BCUT2D eigenvalue weighted by Crippen LogP contribution is -2.64. The van der Waals surface area contributed by atoms with Crippen molar-refractivity contribution in [1.29, 1.82) is 0 Å². The number of hydrogen-bond acceptors (Lipinski definition) is 3. The predicted octanol–water partition coefficient (Wildman–Crippen LogP) is 0.931. The Balaban J connectivity index is 1.84. The minimum atomic E-state index is -0.0452. The van der Waals surface area contributed by atoms with E-state index in [2.05, 4.69) is 26.1 Å². The van der Waals surface area contributed by atoms with Gasteiger partial charge in [-0.15, -0.1) is 0 Å². The van der Waals surface area contributed by atoms with Crippen LogP contribution in [-0.2, 0) is 9.47 Å². The first kappa shape index (κ1) is 9.44. The number of nitrogens with one attached hydrogen (secondary N) is 1. The first-order valence-corrected chi connectivity index (χ1v) is 5.09. The van der Waals surface area contributed by atoms with Gasteiger partial charge in [0.1, 0.15) is 0 Å². The molecule has 3 heteroatoms. The van der Waals surface area contributed by atoms with E-state index in [0.717, 1.165) is 19.6 Å². The average Bonchev–Trinajstić information content (AvgIpc) is 1.99. The maximum absolute atomic E-state index is 5.88. The lowest BCUT2D eigenvalue weighted by atomic mass is 9.84. The highest BCUT2D eigenvalue weighted by Gasteiger charge is 2.45. The van der Waals surface area contributed by atoms with E-state index in [4.69, 9.17) is 9.47 Å². The van der Waals surface area contributed by atoms with Crippen LogP contribution in [-0.4, -0.2) is 37.0 Å². The van der Waals surface area contributed by atoms with E-state index >= 15 is 0 Å². The van der Waals surface area contributed by atoms with E-state index in [1.165, 1.54) is 0 Å². The van der Waals surface area contributed by atoms with Crippen LogP contribution >= 0.6 is 0 Å². The van der Waals surface area contributed by atoms with Crippen LogP contribution in [0.25, 0.3) is 0 Å². The Morgan fingerprint density at radius 2 is 2.15 bits per heavy atom. The smallest absolute Gasteiger partial charge is 0.0991 e. The molecule has 0 aromatic rings. The summed E-state index contributed by atoms with van der Waals surface area (Å²) < 4.78 is 11.5. The molecule has 0 spiro atoms. The molecule has 76 valence electrons. The van der Waals surface area contributed by atoms with Crippen LogP contribution in [0.2, 0.25) is 0 Å². The quantitative estimate of drug-likeness (QED) is 0.659. The van der Waals surface area contributed by atoms with Crippen molar-refractivity contribution >= 4 is 0 Å². The highest BCUT2D eigenvalue weighted by Crippen LogP contribution is 2.32. The summed E-state index contributed by atoms with van der Waals surface area (Å²) in [5.41, 5.74) is -0.0452. The molecule has 3 atom stereocenters. The third-order valence-electron chi connectivity index (χ3n) is 2.57. The molecule has 2 rings (SSSR count). The summed E-state index contributed by atoms with van der Waals surface area (Å²) in [5.74, 6) is 0. The second-order valence-electron chi connectivity index (χ2n) is 4.90. The van der Waals surface area contributed by atoms with E-state index in [1.807, 2.05) is 0 Å². The first-order valence-electron chi connectivity index (χ1n) is 5.09. The fourth-order valence-electron chi connectivity index (χ4n) is 2.01. The van der Waals surface area contributed by atoms with Gasteiger partial charge in [-0.3, -0.25) is 0 Å². The molecule has 3 nitrogen and oxygen atoms in total. The molecule has 0 bridgehead atoms. The molecule has 0 aromatic heterocycles. The monoisotopic (exact) mass is 185 g/mol. The summed E-state index contributed by atoms with van der Waals surface area (Å²) in [4.78, 5) is 0. The van der Waals surface area contributed by atoms with Crippen LogP contribution in [0.3, 0.4) is 0 Å². The molecule has 0 amide bonds. The van der Waals surface area contributed by atoms with Crippen molar-refractivity contribution in [2.75, 3.05) is 13.2 Å². The summed E-state index contributed by atoms with van der Waals surface area (Å²) in [7, 11) is 0. The highest BCUT2D eigenvalue weighted by atomic mass is 16.6. The van der Waals surface area contributed by atoms with Crippen LogP contribution in [0, 0.1) is 0 Å². The Hall–Kier alpha value is -0.120. The fourth-order valence-corrected chi connectivity index (χ4v) is 2.01. The molecule has 0 unspecified atom stereocenters. The van der Waals surface area contributed by atoms with E-state index < -0.39 is 0 Å². The van der Waals surface area contributed by atoms with Crippen molar-refractivity contribution < 1.29 is 9.47 Å². The second kappa shape index (κ2) is 3.23. The largest absolute Gasteiger partial charge is 0.373 e. The molecule has 1 aliphatic carbocycles. The lowest BCUT2D eigenvalue weighted by Gasteiger charge is -2.49. The molecular formula is C10H19NO2. The molecule has 2 aliphatic rings. The third kappa shape index (κ3) is 2.03. The Morgan fingerprint density at radius 1 is 1.38 bits per heavy atom. The molecule has 0 aromatic carbocycles. The predicted molar refractivity (Wildman–Crippen MR) is 50.8 cm³/mol. The van der Waals surface area contributed by atoms with Crippen molar-refractivity contribution in [1.82, 2.24) is 5.32 Å². The highest BCUT2D eigenvalue weighted by molar-refractivity contribution is 4.99. The van der Waals surface area contributed by atoms with Crippen LogP contribution < -0.4 is 5.32 Å². The zero-order valence-electron chi connectivity index (χ0n) is 8.67. The van der Waals surface area contributed by atoms with Gasteiger partial charge in [-0.05, 0) is 27.2 Å². The standard InChI is InChI=1S/C10H19NO2/c1-10(2,3)13-8-6-7-9(8)12-5-4-11-7/h7-9,11H,4-6H2,1-3H3/t7-,8-,9-/m1/s1. The van der Waals surface area contributed by atoms with Gasteiger partial charge in [0.2, 0.25) is 0 Å². The molecule has 0 radical (unpaired) electrons. The maximum atomic E-state index is 5.88. The van der Waals surface area contributed by atoms with Gasteiger partial charge >= 0.3 is 0 Å². The van der Waals surface area contributed by atoms with Gasteiger partial charge in [0.05, 0.1) is 24.4 Å². The zero-order chi connectivity index (χ0) is 9.47. The van der Waals surface area contributed by atoms with Gasteiger partial charge < -0.3 is 14.8 Å². The molecule has 2 fully saturated rings. The normalized spacial score (nSPS) is 39.5. The topological polar surface area (TPSA) is 30.5 Å². The van der Waals surface area contributed by atoms with Crippen LogP contribution in [0.5, 0.6) is 0 Å². The Morgan fingerprint density at radius 3 is 2.77 bits per heavy atom. The number of rotatable bonds is 1. The van der Waals surface area contributed by atoms with Gasteiger partial charge in [0, 0.05) is 12.6 Å². The van der Waals surface area contributed by atoms with Gasteiger partial charge in [0.25, 0.3) is 0 Å². The summed E-state index contributed by atoms with van der Waals surface area (Å²) in [6.07, 6.45) is 1.70. The SMILES string of the molecule is CC(C)(C)O[C@@H]1C[C@H]2NCCO[C@H]21. The molecule has 1 saturated carbocycles. The van der Waals surface area contributed by atoms with Crippen LogP contribution in [0.15, 0.2) is 0 Å². The number of morpholine rings is 1. The summed E-state index contributed by atoms with van der Waals surface area (Å²) >= 11 is 0. The van der Waals surface area contributed by atoms with Gasteiger partial charge in [0.15, 0.2) is 0 Å². The van der Waals surface area contributed by atoms with Gasteiger partial charge in [-0.25, -0.2) is 0 Å². The average molecular weight is 185 g/mol. The zero-order valence-corrected chi connectivity index (χ0v) is 8.67. The van der Waals surface area contributed by atoms with E-state index in [1.54, 1.807) is 0 Å². The number of hydrogen-bond donors (Lipinski definition) is 1. The minimum absolute atomic E-state index is 0.0452. The molecule has 1 saturated heterocycles. The van der Waals surface area contributed by atoms with E-state index in [0.29, 0.717) is 18.2 Å². The molecular weight excluding hydrogens is 166 g/mol. The first-order chi connectivity index (χ1) is 6.06. The molecule has 13 heavy (non-hydrogen) atoms. The second-order valence-corrected chi connectivity index (χ2v) is 4.90. The molecule has 1 aliphatic heterocycles. The summed E-state index contributed by atoms with van der Waals surface area (Å²) in [6.45, 7) is 8.10. The Labute approximate surface area is 79.8 Å². The van der Waals surface area contributed by atoms with Crippen LogP contribution in [0.4, 0.5) is 0 Å². The Bertz CT molecular complexity index is 188. The minimum Gasteiger partial charge on any atom is -0.373 e. The molecule has 1 heterocycles. The van der Waals surface area contributed by atoms with Crippen molar-refractivity contribution in [3.8, 4) is 0 Å². The molecule has 1 N–H and O–H groups in total. The fraction of sp³-hybridized carbons (Fsp3) is 1.00. The van der Waals surface area contributed by atoms with Gasteiger partial charge in [-0.2, -0.15) is 0 Å².